The highest BCUT2D eigenvalue weighted by Gasteiger charge is 2.31. The van der Waals surface area contributed by atoms with Gasteiger partial charge in [-0.15, -0.1) is 11.3 Å². The van der Waals surface area contributed by atoms with Gasteiger partial charge in [0.25, 0.3) is 0 Å². The molecule has 0 spiro atoms. The summed E-state index contributed by atoms with van der Waals surface area (Å²) in [5.74, 6) is 0.394. The third-order valence-corrected chi connectivity index (χ3v) is 3.83. The van der Waals surface area contributed by atoms with Gasteiger partial charge in [0, 0.05) is 10.4 Å². The molecule has 0 aliphatic rings. The molecule has 0 saturated carbocycles. The first-order chi connectivity index (χ1) is 9.97. The van der Waals surface area contributed by atoms with Gasteiger partial charge in [0.15, 0.2) is 11.6 Å². The summed E-state index contributed by atoms with van der Waals surface area (Å²) in [5, 5.41) is 5.51. The van der Waals surface area contributed by atoms with E-state index in [9.17, 15) is 13.2 Å². The smallest absolute Gasteiger partial charge is 0.380 e. The van der Waals surface area contributed by atoms with E-state index in [2.05, 4.69) is 5.16 Å². The van der Waals surface area contributed by atoms with Crippen molar-refractivity contribution in [2.75, 3.05) is 5.73 Å². The first-order valence-electron chi connectivity index (χ1n) is 5.93. The number of hydrogen-bond donors (Lipinski definition) is 1. The summed E-state index contributed by atoms with van der Waals surface area (Å²) in [6.45, 7) is 0. The first kappa shape index (κ1) is 13.7. The standard InChI is InChI=1S/C14H9F3N2OS/c15-14(16,17)9-4-1-3-8(7-9)12-11(13(18)19-20-12)10-5-2-6-21-10/h1-7H,(H2,18,19). The summed E-state index contributed by atoms with van der Waals surface area (Å²) in [6.07, 6.45) is -4.41. The van der Waals surface area contributed by atoms with Gasteiger partial charge in [-0.05, 0) is 23.6 Å². The first-order valence-corrected chi connectivity index (χ1v) is 6.81. The molecule has 2 N–H and O–H groups in total. The Kier molecular flexibility index (Phi) is 3.21. The summed E-state index contributed by atoms with van der Waals surface area (Å²) in [6, 6.07) is 8.53. The van der Waals surface area contributed by atoms with Gasteiger partial charge >= 0.3 is 6.18 Å². The Hall–Kier alpha value is -2.28. The van der Waals surface area contributed by atoms with Crippen LogP contribution in [0.2, 0.25) is 0 Å². The Balaban J connectivity index is 2.15. The van der Waals surface area contributed by atoms with Crippen molar-refractivity contribution < 1.29 is 17.7 Å². The zero-order chi connectivity index (χ0) is 15.0. The molecule has 0 atom stereocenters. The minimum Gasteiger partial charge on any atom is -0.380 e. The van der Waals surface area contributed by atoms with Crippen LogP contribution in [-0.2, 0) is 6.18 Å². The lowest BCUT2D eigenvalue weighted by Crippen LogP contribution is -2.04. The maximum Gasteiger partial charge on any atom is 0.416 e. The van der Waals surface area contributed by atoms with Gasteiger partial charge in [-0.2, -0.15) is 13.2 Å². The summed E-state index contributed by atoms with van der Waals surface area (Å²) in [4.78, 5) is 0.793. The predicted molar refractivity (Wildman–Crippen MR) is 74.7 cm³/mol. The molecule has 0 fully saturated rings. The van der Waals surface area contributed by atoms with Crippen molar-refractivity contribution in [1.29, 1.82) is 0 Å². The van der Waals surface area contributed by atoms with Gasteiger partial charge in [0.05, 0.1) is 11.1 Å². The van der Waals surface area contributed by atoms with Crippen LogP contribution in [0.5, 0.6) is 0 Å². The maximum absolute atomic E-state index is 12.8. The third-order valence-electron chi connectivity index (χ3n) is 2.94. The Labute approximate surface area is 121 Å². The quantitative estimate of drug-likeness (QED) is 0.748. The van der Waals surface area contributed by atoms with Crippen LogP contribution in [0, 0.1) is 0 Å². The fraction of sp³-hybridized carbons (Fsp3) is 0.0714. The Morgan fingerprint density at radius 3 is 2.62 bits per heavy atom. The van der Waals surface area contributed by atoms with Crippen molar-refractivity contribution in [3.8, 4) is 21.8 Å². The molecule has 3 aromatic rings. The van der Waals surface area contributed by atoms with Crippen LogP contribution in [0.1, 0.15) is 5.56 Å². The normalized spacial score (nSPS) is 11.8. The highest BCUT2D eigenvalue weighted by atomic mass is 32.1. The number of rotatable bonds is 2. The van der Waals surface area contributed by atoms with Crippen LogP contribution >= 0.6 is 11.3 Å². The number of aromatic nitrogens is 1. The van der Waals surface area contributed by atoms with Gasteiger partial charge in [-0.25, -0.2) is 0 Å². The molecule has 2 heterocycles. The molecule has 0 aliphatic carbocycles. The second kappa shape index (κ2) is 4.92. The fourth-order valence-corrected chi connectivity index (χ4v) is 2.77. The van der Waals surface area contributed by atoms with Gasteiger partial charge in [0.2, 0.25) is 0 Å². The molecule has 0 radical (unpaired) electrons. The highest BCUT2D eigenvalue weighted by molar-refractivity contribution is 7.13. The summed E-state index contributed by atoms with van der Waals surface area (Å²) < 4.78 is 43.5. The molecule has 3 nitrogen and oxygen atoms in total. The predicted octanol–water partition coefficient (Wildman–Crippen LogP) is 4.67. The Bertz CT molecular complexity index is 763. The molecule has 3 rings (SSSR count). The molecule has 2 aromatic heterocycles. The highest BCUT2D eigenvalue weighted by Crippen LogP contribution is 2.40. The number of nitrogens with two attached hydrogens (primary N) is 1. The number of nitrogen functional groups attached to an aromatic ring is 1. The zero-order valence-corrected chi connectivity index (χ0v) is 11.3. The van der Waals surface area contributed by atoms with Gasteiger partial charge in [-0.1, -0.05) is 23.4 Å². The van der Waals surface area contributed by atoms with Crippen molar-refractivity contribution in [2.24, 2.45) is 0 Å². The van der Waals surface area contributed by atoms with Gasteiger partial charge in [0.1, 0.15) is 0 Å². The molecule has 0 bridgehead atoms. The molecule has 21 heavy (non-hydrogen) atoms. The van der Waals surface area contributed by atoms with E-state index in [0.29, 0.717) is 5.56 Å². The second-order valence-electron chi connectivity index (χ2n) is 4.33. The zero-order valence-electron chi connectivity index (χ0n) is 10.5. The molecule has 0 saturated heterocycles. The topological polar surface area (TPSA) is 52.0 Å². The maximum atomic E-state index is 12.8. The number of alkyl halides is 3. The molecule has 0 amide bonds. The van der Waals surface area contributed by atoms with E-state index in [1.807, 2.05) is 17.5 Å². The van der Waals surface area contributed by atoms with E-state index >= 15 is 0 Å². The molecule has 108 valence electrons. The van der Waals surface area contributed by atoms with Crippen molar-refractivity contribution in [3.05, 3.63) is 47.3 Å². The summed E-state index contributed by atoms with van der Waals surface area (Å²) in [7, 11) is 0. The molecule has 1 aromatic carbocycles. The molecule has 7 heteroatoms. The van der Waals surface area contributed by atoms with E-state index in [1.54, 1.807) is 0 Å². The van der Waals surface area contributed by atoms with Crippen LogP contribution < -0.4 is 5.73 Å². The number of anilines is 1. The van der Waals surface area contributed by atoms with Gasteiger partial charge in [-0.3, -0.25) is 0 Å². The minimum atomic E-state index is -4.41. The van der Waals surface area contributed by atoms with Crippen molar-refractivity contribution in [3.63, 3.8) is 0 Å². The van der Waals surface area contributed by atoms with E-state index < -0.39 is 11.7 Å². The van der Waals surface area contributed by atoms with E-state index in [4.69, 9.17) is 10.3 Å². The molecular weight excluding hydrogens is 301 g/mol. The van der Waals surface area contributed by atoms with Gasteiger partial charge < -0.3 is 10.3 Å². The summed E-state index contributed by atoms with van der Waals surface area (Å²) >= 11 is 1.41. The van der Waals surface area contributed by atoms with E-state index in [-0.39, 0.29) is 17.1 Å². The Morgan fingerprint density at radius 1 is 1.14 bits per heavy atom. The lowest BCUT2D eigenvalue weighted by molar-refractivity contribution is -0.137. The largest absolute Gasteiger partial charge is 0.416 e. The van der Waals surface area contributed by atoms with Crippen LogP contribution in [0.4, 0.5) is 19.0 Å². The monoisotopic (exact) mass is 310 g/mol. The molecular formula is C14H9F3N2OS. The van der Waals surface area contributed by atoms with E-state index in [0.717, 1.165) is 17.0 Å². The fourth-order valence-electron chi connectivity index (χ4n) is 2.00. The van der Waals surface area contributed by atoms with Crippen LogP contribution in [0.25, 0.3) is 21.8 Å². The lowest BCUT2D eigenvalue weighted by Gasteiger charge is -2.07. The van der Waals surface area contributed by atoms with Crippen molar-refractivity contribution in [1.82, 2.24) is 5.16 Å². The lowest BCUT2D eigenvalue weighted by atomic mass is 10.0. The average molecular weight is 310 g/mol. The number of halogens is 3. The van der Waals surface area contributed by atoms with E-state index in [1.165, 1.54) is 23.5 Å². The average Bonchev–Trinajstić information content (AvgIpc) is 3.06. The number of hydrogen-bond acceptors (Lipinski definition) is 4. The number of nitrogens with zero attached hydrogens (tertiary/aromatic N) is 1. The van der Waals surface area contributed by atoms with Crippen LogP contribution in [0.15, 0.2) is 46.3 Å². The SMILES string of the molecule is Nc1noc(-c2cccc(C(F)(F)F)c2)c1-c1cccs1. The minimum absolute atomic E-state index is 0.157. The number of benzene rings is 1. The third kappa shape index (κ3) is 2.52. The van der Waals surface area contributed by atoms with Crippen molar-refractivity contribution in [2.45, 2.75) is 6.18 Å². The summed E-state index contributed by atoms with van der Waals surface area (Å²) in [5.41, 5.74) is 5.84. The second-order valence-corrected chi connectivity index (χ2v) is 5.28. The van der Waals surface area contributed by atoms with Crippen LogP contribution in [-0.4, -0.2) is 5.16 Å². The van der Waals surface area contributed by atoms with Crippen molar-refractivity contribution >= 4 is 17.2 Å². The number of thiophene rings is 1. The molecule has 0 aliphatic heterocycles. The molecule has 0 unspecified atom stereocenters. The Morgan fingerprint density at radius 2 is 1.95 bits per heavy atom. The van der Waals surface area contributed by atoms with Crippen LogP contribution in [0.3, 0.4) is 0 Å².